The second kappa shape index (κ2) is 6.23. The molecule has 1 aromatic carbocycles. The minimum atomic E-state index is -0.332. The molecule has 106 valence electrons. The molecular weight excluding hydrogens is 252 g/mol. The highest BCUT2D eigenvalue weighted by atomic mass is 16.1. The van der Waals surface area contributed by atoms with Crippen molar-refractivity contribution in [1.29, 1.82) is 0 Å². The highest BCUT2D eigenvalue weighted by molar-refractivity contribution is 5.94. The quantitative estimate of drug-likeness (QED) is 0.787. The molecule has 4 N–H and O–H groups in total. The van der Waals surface area contributed by atoms with Crippen LogP contribution < -0.4 is 16.4 Å². The number of carbonyl (C=O) groups is 1. The summed E-state index contributed by atoms with van der Waals surface area (Å²) in [5.41, 5.74) is 13.6. The maximum atomic E-state index is 11.3. The van der Waals surface area contributed by atoms with Gasteiger partial charge in [-0.15, -0.1) is 0 Å². The van der Waals surface area contributed by atoms with Crippen molar-refractivity contribution < 1.29 is 4.79 Å². The lowest BCUT2D eigenvalue weighted by molar-refractivity contribution is -0.116. The van der Waals surface area contributed by atoms with Gasteiger partial charge < -0.3 is 16.4 Å². The Morgan fingerprint density at radius 2 is 2.15 bits per heavy atom. The minimum absolute atomic E-state index is 0.212. The molecule has 0 radical (unpaired) electrons. The third-order valence-corrected chi connectivity index (χ3v) is 3.21. The number of nitrogen functional groups attached to an aromatic ring is 1. The van der Waals surface area contributed by atoms with Gasteiger partial charge in [0.15, 0.2) is 0 Å². The van der Waals surface area contributed by atoms with Gasteiger partial charge in [-0.2, -0.15) is 0 Å². The predicted molar refractivity (Wildman–Crippen MR) is 82.5 cm³/mol. The Bertz CT molecular complexity index is 612. The fourth-order valence-corrected chi connectivity index (χ4v) is 2.25. The molecular formula is C15H20N4O. The summed E-state index contributed by atoms with van der Waals surface area (Å²) in [6.45, 7) is 3.13. The molecule has 2 rings (SSSR count). The summed E-state index contributed by atoms with van der Waals surface area (Å²) in [6.07, 6.45) is 3.80. The van der Waals surface area contributed by atoms with Crippen LogP contribution in [0.5, 0.6) is 0 Å². The maximum absolute atomic E-state index is 11.3. The number of primary amides is 1. The number of hydrogen-bond donors (Lipinski definition) is 2. The van der Waals surface area contributed by atoms with Gasteiger partial charge in [-0.1, -0.05) is 13.3 Å². The number of amides is 1. The summed E-state index contributed by atoms with van der Waals surface area (Å²) < 4.78 is 0. The number of aromatic nitrogens is 1. The Morgan fingerprint density at radius 3 is 2.85 bits per heavy atom. The highest BCUT2D eigenvalue weighted by Crippen LogP contribution is 2.26. The Kier molecular flexibility index (Phi) is 4.40. The molecule has 0 fully saturated rings. The number of fused-ring (bicyclic) bond motifs is 1. The molecule has 0 spiro atoms. The second-order valence-corrected chi connectivity index (χ2v) is 4.85. The van der Waals surface area contributed by atoms with E-state index < -0.39 is 0 Å². The first-order chi connectivity index (χ1) is 9.61. The largest absolute Gasteiger partial charge is 0.399 e. The Morgan fingerprint density at radius 1 is 1.35 bits per heavy atom. The van der Waals surface area contributed by atoms with E-state index in [1.165, 1.54) is 0 Å². The number of nitrogens with two attached hydrogens (primary N) is 2. The van der Waals surface area contributed by atoms with Crippen molar-refractivity contribution in [2.75, 3.05) is 23.7 Å². The van der Waals surface area contributed by atoms with Gasteiger partial charge in [-0.05, 0) is 30.7 Å². The van der Waals surface area contributed by atoms with Crippen molar-refractivity contribution in [2.24, 2.45) is 5.73 Å². The number of nitrogens with zero attached hydrogens (tertiary/aromatic N) is 2. The van der Waals surface area contributed by atoms with Crippen LogP contribution in [0.1, 0.15) is 19.8 Å². The van der Waals surface area contributed by atoms with Gasteiger partial charge in [-0.3, -0.25) is 9.78 Å². The molecule has 5 heteroatoms. The fraction of sp³-hybridized carbons (Fsp3) is 0.333. The normalized spacial score (nSPS) is 10.7. The topological polar surface area (TPSA) is 85.2 Å². The van der Waals surface area contributed by atoms with Gasteiger partial charge in [0.25, 0.3) is 0 Å². The van der Waals surface area contributed by atoms with Crippen LogP contribution in [-0.4, -0.2) is 24.0 Å². The average molecular weight is 272 g/mol. The van der Waals surface area contributed by atoms with E-state index in [0.29, 0.717) is 5.69 Å². The van der Waals surface area contributed by atoms with Crippen molar-refractivity contribution in [3.63, 3.8) is 0 Å². The Balaban J connectivity index is 2.43. The molecule has 0 saturated heterocycles. The van der Waals surface area contributed by atoms with Crippen LogP contribution in [0, 0.1) is 0 Å². The molecule has 2 aromatic rings. The maximum Gasteiger partial charge on any atom is 0.236 e. The van der Waals surface area contributed by atoms with Crippen molar-refractivity contribution in [3.05, 3.63) is 30.5 Å². The molecule has 5 nitrogen and oxygen atoms in total. The zero-order valence-electron chi connectivity index (χ0n) is 11.7. The van der Waals surface area contributed by atoms with E-state index in [1.54, 1.807) is 6.20 Å². The van der Waals surface area contributed by atoms with Crippen molar-refractivity contribution >= 4 is 28.2 Å². The van der Waals surface area contributed by atoms with Crippen LogP contribution in [0.2, 0.25) is 0 Å². The summed E-state index contributed by atoms with van der Waals surface area (Å²) in [7, 11) is 0. The van der Waals surface area contributed by atoms with E-state index in [9.17, 15) is 4.79 Å². The molecule has 20 heavy (non-hydrogen) atoms. The van der Waals surface area contributed by atoms with Gasteiger partial charge in [0.05, 0.1) is 12.1 Å². The number of anilines is 2. The van der Waals surface area contributed by atoms with Crippen LogP contribution in [0.3, 0.4) is 0 Å². The molecule has 0 aliphatic rings. The monoisotopic (exact) mass is 272 g/mol. The summed E-state index contributed by atoms with van der Waals surface area (Å²) in [5.74, 6) is -0.332. The van der Waals surface area contributed by atoms with E-state index in [-0.39, 0.29) is 12.5 Å². The van der Waals surface area contributed by atoms with Crippen LogP contribution in [0.25, 0.3) is 10.9 Å². The lowest BCUT2D eigenvalue weighted by atomic mass is 10.1. The van der Waals surface area contributed by atoms with Crippen molar-refractivity contribution in [3.8, 4) is 0 Å². The molecule has 1 heterocycles. The standard InChI is InChI=1S/C15H20N4O/c1-2-3-8-19(10-15(17)20)14-6-7-18-13-9-11(16)4-5-12(13)14/h4-7,9H,2-3,8,10,16H2,1H3,(H2,17,20). The van der Waals surface area contributed by atoms with Gasteiger partial charge in [-0.25, -0.2) is 0 Å². The number of pyridine rings is 1. The number of rotatable bonds is 6. The molecule has 0 aliphatic heterocycles. The molecule has 0 saturated carbocycles. The van der Waals surface area contributed by atoms with Crippen molar-refractivity contribution in [2.45, 2.75) is 19.8 Å². The average Bonchev–Trinajstić information content (AvgIpc) is 2.42. The van der Waals surface area contributed by atoms with Crippen LogP contribution in [0.4, 0.5) is 11.4 Å². The first kappa shape index (κ1) is 14.1. The number of carbonyl (C=O) groups excluding carboxylic acids is 1. The van der Waals surface area contributed by atoms with Crippen LogP contribution in [0.15, 0.2) is 30.5 Å². The van der Waals surface area contributed by atoms with Crippen LogP contribution >= 0.6 is 0 Å². The summed E-state index contributed by atoms with van der Waals surface area (Å²) in [4.78, 5) is 17.6. The van der Waals surface area contributed by atoms with E-state index in [1.807, 2.05) is 29.2 Å². The fourth-order valence-electron chi connectivity index (χ4n) is 2.25. The zero-order chi connectivity index (χ0) is 14.5. The Labute approximate surface area is 118 Å². The lowest BCUT2D eigenvalue weighted by Crippen LogP contribution is -2.34. The molecule has 0 unspecified atom stereocenters. The van der Waals surface area contributed by atoms with Gasteiger partial charge >= 0.3 is 0 Å². The van der Waals surface area contributed by atoms with Crippen LogP contribution in [-0.2, 0) is 4.79 Å². The summed E-state index contributed by atoms with van der Waals surface area (Å²) in [5, 5.41) is 0.985. The third kappa shape index (κ3) is 3.17. The van der Waals surface area contributed by atoms with E-state index in [4.69, 9.17) is 11.5 Å². The third-order valence-electron chi connectivity index (χ3n) is 3.21. The first-order valence-corrected chi connectivity index (χ1v) is 6.79. The van der Waals surface area contributed by atoms with E-state index in [0.717, 1.165) is 36.0 Å². The number of benzene rings is 1. The van der Waals surface area contributed by atoms with Gasteiger partial charge in [0.1, 0.15) is 0 Å². The minimum Gasteiger partial charge on any atom is -0.399 e. The predicted octanol–water partition coefficient (Wildman–Crippen LogP) is 1.91. The molecule has 0 bridgehead atoms. The highest BCUT2D eigenvalue weighted by Gasteiger charge is 2.12. The van der Waals surface area contributed by atoms with E-state index in [2.05, 4.69) is 11.9 Å². The van der Waals surface area contributed by atoms with Crippen molar-refractivity contribution in [1.82, 2.24) is 4.98 Å². The molecule has 1 amide bonds. The van der Waals surface area contributed by atoms with Gasteiger partial charge in [0, 0.05) is 29.5 Å². The second-order valence-electron chi connectivity index (χ2n) is 4.85. The summed E-state index contributed by atoms with van der Waals surface area (Å²) >= 11 is 0. The molecule has 0 aliphatic carbocycles. The first-order valence-electron chi connectivity index (χ1n) is 6.79. The smallest absolute Gasteiger partial charge is 0.236 e. The number of unbranched alkanes of at least 4 members (excludes halogenated alkanes) is 1. The zero-order valence-corrected chi connectivity index (χ0v) is 11.7. The Hall–Kier alpha value is -2.30. The molecule has 0 atom stereocenters. The summed E-state index contributed by atoms with van der Waals surface area (Å²) in [6, 6.07) is 7.53. The SMILES string of the molecule is CCCCN(CC(N)=O)c1ccnc2cc(N)ccc12. The number of hydrogen-bond acceptors (Lipinski definition) is 4. The van der Waals surface area contributed by atoms with Gasteiger partial charge in [0.2, 0.25) is 5.91 Å². The molecule has 1 aromatic heterocycles. The lowest BCUT2D eigenvalue weighted by Gasteiger charge is -2.24. The van der Waals surface area contributed by atoms with E-state index >= 15 is 0 Å².